The van der Waals surface area contributed by atoms with Crippen LogP contribution in [0.2, 0.25) is 0 Å². The monoisotopic (exact) mass is 276 g/mol. The number of rotatable bonds is 3. The van der Waals surface area contributed by atoms with E-state index in [0.717, 1.165) is 5.56 Å². The molecular formula is C15H20N2O3. The van der Waals surface area contributed by atoms with Crippen LogP contribution in [0.15, 0.2) is 30.3 Å². The fraction of sp³-hybridized carbons (Fsp3) is 0.467. The Bertz CT molecular complexity index is 499. The highest BCUT2D eigenvalue weighted by atomic mass is 16.4. The molecule has 0 aromatic heterocycles. The second-order valence-corrected chi connectivity index (χ2v) is 5.59. The number of hydrogen-bond acceptors (Lipinski definition) is 3. The molecule has 0 radical (unpaired) electrons. The summed E-state index contributed by atoms with van der Waals surface area (Å²) in [6.07, 6.45) is 0. The van der Waals surface area contributed by atoms with Gasteiger partial charge < -0.3 is 15.3 Å². The molecule has 108 valence electrons. The maximum atomic E-state index is 12.7. The van der Waals surface area contributed by atoms with Gasteiger partial charge in [0.2, 0.25) is 5.91 Å². The van der Waals surface area contributed by atoms with Crippen molar-refractivity contribution < 1.29 is 14.7 Å². The van der Waals surface area contributed by atoms with Crippen LogP contribution in [0.3, 0.4) is 0 Å². The Morgan fingerprint density at radius 2 is 1.95 bits per heavy atom. The number of carboxylic acid groups (broad SMARTS) is 1. The zero-order valence-electron chi connectivity index (χ0n) is 11.8. The van der Waals surface area contributed by atoms with Gasteiger partial charge >= 0.3 is 5.97 Å². The molecule has 1 aliphatic rings. The zero-order valence-corrected chi connectivity index (χ0v) is 11.8. The van der Waals surface area contributed by atoms with Gasteiger partial charge in [0.1, 0.15) is 6.04 Å². The lowest BCUT2D eigenvalue weighted by Gasteiger charge is -2.37. The third-order valence-corrected chi connectivity index (χ3v) is 3.79. The molecule has 0 bridgehead atoms. The van der Waals surface area contributed by atoms with Crippen LogP contribution in [0.25, 0.3) is 0 Å². The molecule has 2 N–H and O–H groups in total. The second-order valence-electron chi connectivity index (χ2n) is 5.59. The molecule has 20 heavy (non-hydrogen) atoms. The van der Waals surface area contributed by atoms with Crippen LogP contribution in [0, 0.1) is 0 Å². The first-order chi connectivity index (χ1) is 9.43. The smallest absolute Gasteiger partial charge is 0.322 e. The molecule has 1 unspecified atom stereocenters. The average molecular weight is 276 g/mol. The fourth-order valence-corrected chi connectivity index (χ4v) is 2.47. The molecule has 1 saturated heterocycles. The molecule has 1 heterocycles. The van der Waals surface area contributed by atoms with Gasteiger partial charge in [-0.2, -0.15) is 0 Å². The van der Waals surface area contributed by atoms with Crippen LogP contribution in [0.4, 0.5) is 0 Å². The van der Waals surface area contributed by atoms with Gasteiger partial charge in [0.25, 0.3) is 0 Å². The van der Waals surface area contributed by atoms with Crippen molar-refractivity contribution in [1.82, 2.24) is 10.2 Å². The lowest BCUT2D eigenvalue weighted by Crippen LogP contribution is -2.58. The summed E-state index contributed by atoms with van der Waals surface area (Å²) < 4.78 is 0. The number of benzene rings is 1. The zero-order chi connectivity index (χ0) is 14.8. The van der Waals surface area contributed by atoms with Gasteiger partial charge in [-0.05, 0) is 19.4 Å². The first-order valence-corrected chi connectivity index (χ1v) is 6.74. The summed E-state index contributed by atoms with van der Waals surface area (Å²) in [5, 5.41) is 12.0. The van der Waals surface area contributed by atoms with Crippen LogP contribution in [-0.2, 0) is 15.0 Å². The van der Waals surface area contributed by atoms with Gasteiger partial charge in [-0.25, -0.2) is 0 Å². The van der Waals surface area contributed by atoms with Crippen molar-refractivity contribution in [2.75, 3.05) is 19.6 Å². The maximum absolute atomic E-state index is 12.7. The molecular weight excluding hydrogens is 256 g/mol. The highest BCUT2D eigenvalue weighted by molar-refractivity contribution is 5.88. The minimum Gasteiger partial charge on any atom is -0.480 e. The predicted octanol–water partition coefficient (Wildman–Crippen LogP) is 0.849. The van der Waals surface area contributed by atoms with Crippen molar-refractivity contribution in [3.8, 4) is 0 Å². The van der Waals surface area contributed by atoms with Crippen LogP contribution in [-0.4, -0.2) is 47.6 Å². The normalized spacial score (nSPS) is 19.7. The molecule has 0 aliphatic carbocycles. The molecule has 1 amide bonds. The van der Waals surface area contributed by atoms with E-state index in [1.165, 1.54) is 0 Å². The molecule has 0 spiro atoms. The summed E-state index contributed by atoms with van der Waals surface area (Å²) in [5.41, 5.74) is 0.289. The maximum Gasteiger partial charge on any atom is 0.322 e. The number of amides is 1. The van der Waals surface area contributed by atoms with Crippen molar-refractivity contribution in [3.05, 3.63) is 35.9 Å². The Balaban J connectivity index is 2.16. The van der Waals surface area contributed by atoms with E-state index in [0.29, 0.717) is 13.1 Å². The van der Waals surface area contributed by atoms with Gasteiger partial charge in [0.05, 0.1) is 5.41 Å². The molecule has 1 aliphatic heterocycles. The minimum absolute atomic E-state index is 0.0311. The van der Waals surface area contributed by atoms with Gasteiger partial charge in [-0.1, -0.05) is 30.3 Å². The van der Waals surface area contributed by atoms with Gasteiger partial charge in [-0.15, -0.1) is 0 Å². The van der Waals surface area contributed by atoms with E-state index in [9.17, 15) is 9.59 Å². The molecule has 1 aromatic carbocycles. The number of carboxylic acids is 1. The third kappa shape index (κ3) is 2.82. The predicted molar refractivity (Wildman–Crippen MR) is 75.5 cm³/mol. The highest BCUT2D eigenvalue weighted by Gasteiger charge is 2.36. The van der Waals surface area contributed by atoms with E-state index in [2.05, 4.69) is 5.32 Å². The SMILES string of the molecule is CC(C)(C(=O)N1CCNC(C(=O)O)C1)c1ccccc1. The number of aliphatic carboxylic acids is 1. The van der Waals surface area contributed by atoms with Gasteiger partial charge in [-0.3, -0.25) is 9.59 Å². The van der Waals surface area contributed by atoms with Crippen molar-refractivity contribution in [2.45, 2.75) is 25.3 Å². The average Bonchev–Trinajstić information content (AvgIpc) is 2.47. The first kappa shape index (κ1) is 14.5. The summed E-state index contributed by atoms with van der Waals surface area (Å²) in [5.74, 6) is -0.948. The van der Waals surface area contributed by atoms with E-state index in [-0.39, 0.29) is 12.5 Å². The van der Waals surface area contributed by atoms with Crippen molar-refractivity contribution in [3.63, 3.8) is 0 Å². The third-order valence-electron chi connectivity index (χ3n) is 3.79. The number of nitrogens with zero attached hydrogens (tertiary/aromatic N) is 1. The quantitative estimate of drug-likeness (QED) is 0.858. The van der Waals surface area contributed by atoms with E-state index < -0.39 is 17.4 Å². The summed E-state index contributed by atoms with van der Waals surface area (Å²) in [4.78, 5) is 25.4. The van der Waals surface area contributed by atoms with Crippen LogP contribution in [0.5, 0.6) is 0 Å². The summed E-state index contributed by atoms with van der Waals surface area (Å²) in [7, 11) is 0. The van der Waals surface area contributed by atoms with E-state index in [1.807, 2.05) is 44.2 Å². The molecule has 0 saturated carbocycles. The summed E-state index contributed by atoms with van der Waals surface area (Å²) in [6.45, 7) is 5.02. The van der Waals surface area contributed by atoms with Crippen LogP contribution in [0.1, 0.15) is 19.4 Å². The second kappa shape index (κ2) is 5.63. The van der Waals surface area contributed by atoms with Crippen molar-refractivity contribution in [1.29, 1.82) is 0 Å². The van der Waals surface area contributed by atoms with E-state index in [4.69, 9.17) is 5.11 Å². The first-order valence-electron chi connectivity index (χ1n) is 6.74. The minimum atomic E-state index is -0.917. The molecule has 1 atom stereocenters. The fourth-order valence-electron chi connectivity index (χ4n) is 2.47. The van der Waals surface area contributed by atoms with Crippen molar-refractivity contribution in [2.24, 2.45) is 0 Å². The summed E-state index contributed by atoms with van der Waals surface area (Å²) in [6, 6.07) is 8.89. The Labute approximate surface area is 118 Å². The van der Waals surface area contributed by atoms with Crippen LogP contribution >= 0.6 is 0 Å². The van der Waals surface area contributed by atoms with Crippen LogP contribution < -0.4 is 5.32 Å². The number of carbonyl (C=O) groups is 2. The lowest BCUT2D eigenvalue weighted by molar-refractivity contribution is -0.144. The summed E-state index contributed by atoms with van der Waals surface area (Å²) >= 11 is 0. The Morgan fingerprint density at radius 3 is 2.55 bits per heavy atom. The number of carbonyl (C=O) groups excluding carboxylic acids is 1. The van der Waals surface area contributed by atoms with Gasteiger partial charge in [0.15, 0.2) is 0 Å². The molecule has 1 fully saturated rings. The molecule has 5 heteroatoms. The Morgan fingerprint density at radius 1 is 1.30 bits per heavy atom. The number of piperazine rings is 1. The highest BCUT2D eigenvalue weighted by Crippen LogP contribution is 2.26. The Hall–Kier alpha value is -1.88. The molecule has 5 nitrogen and oxygen atoms in total. The lowest BCUT2D eigenvalue weighted by atomic mass is 9.83. The topological polar surface area (TPSA) is 69.6 Å². The largest absolute Gasteiger partial charge is 0.480 e. The molecule has 2 rings (SSSR count). The number of hydrogen-bond donors (Lipinski definition) is 2. The van der Waals surface area contributed by atoms with E-state index in [1.54, 1.807) is 4.90 Å². The standard InChI is InChI=1S/C15H20N2O3/c1-15(2,11-6-4-3-5-7-11)14(20)17-9-8-16-12(10-17)13(18)19/h3-7,12,16H,8-10H2,1-2H3,(H,18,19). The number of nitrogens with one attached hydrogen (secondary N) is 1. The van der Waals surface area contributed by atoms with Crippen molar-refractivity contribution >= 4 is 11.9 Å². The Kier molecular flexibility index (Phi) is 4.09. The van der Waals surface area contributed by atoms with E-state index >= 15 is 0 Å². The molecule has 1 aromatic rings. The van der Waals surface area contributed by atoms with Gasteiger partial charge in [0, 0.05) is 19.6 Å².